The third-order valence-corrected chi connectivity index (χ3v) is 6.14. The van der Waals surface area contributed by atoms with Gasteiger partial charge in [-0.1, -0.05) is 48.5 Å². The molecule has 0 fully saturated rings. The Kier molecular flexibility index (Phi) is 5.09. The molecule has 0 spiro atoms. The van der Waals surface area contributed by atoms with Crippen LogP contribution >= 0.6 is 0 Å². The van der Waals surface area contributed by atoms with Gasteiger partial charge in [-0.15, -0.1) is 0 Å². The summed E-state index contributed by atoms with van der Waals surface area (Å²) in [4.78, 5) is 0.176. The van der Waals surface area contributed by atoms with Gasteiger partial charge in [-0.2, -0.15) is 0 Å². The molecular weight excluding hydrogens is 349 g/mol. The molecule has 0 aliphatic rings. The number of benzene rings is 3. The average Bonchev–Trinajstić information content (AvgIpc) is 2.64. The highest BCUT2D eigenvalue weighted by molar-refractivity contribution is 7.92. The normalized spacial score (nSPS) is 11.3. The second-order valence-electron chi connectivity index (χ2n) is 6.18. The molecule has 0 bridgehead atoms. The second kappa shape index (κ2) is 7.30. The van der Waals surface area contributed by atoms with Gasteiger partial charge in [0.05, 0.1) is 17.1 Å². The standard InChI is InChI=1S/C21H20FNO2S/c1-16-8-6-7-9-18(16)15-23(19-13-12-17(2)21(22)14-19)26(24,25)20-10-4-3-5-11-20/h3-14H,15H2,1-2H3. The molecule has 0 aromatic heterocycles. The fourth-order valence-electron chi connectivity index (χ4n) is 2.71. The van der Waals surface area contributed by atoms with E-state index < -0.39 is 15.8 Å². The van der Waals surface area contributed by atoms with Gasteiger partial charge in [-0.05, 0) is 54.8 Å². The van der Waals surface area contributed by atoms with E-state index in [0.717, 1.165) is 11.1 Å². The Bertz CT molecular complexity index is 1020. The van der Waals surface area contributed by atoms with E-state index in [2.05, 4.69) is 0 Å². The van der Waals surface area contributed by atoms with Crippen LogP contribution in [0.3, 0.4) is 0 Å². The minimum atomic E-state index is -3.83. The largest absolute Gasteiger partial charge is 0.264 e. The Labute approximate surface area is 153 Å². The Balaban J connectivity index is 2.13. The van der Waals surface area contributed by atoms with Gasteiger partial charge in [-0.3, -0.25) is 4.31 Å². The van der Waals surface area contributed by atoms with Gasteiger partial charge in [0.25, 0.3) is 10.0 Å². The van der Waals surface area contributed by atoms with E-state index in [0.29, 0.717) is 11.3 Å². The summed E-state index contributed by atoms with van der Waals surface area (Å²) in [6, 6.07) is 20.3. The van der Waals surface area contributed by atoms with E-state index in [1.165, 1.54) is 10.4 Å². The van der Waals surface area contributed by atoms with Crippen molar-refractivity contribution in [1.82, 2.24) is 0 Å². The van der Waals surface area contributed by atoms with Crippen LogP contribution in [0.2, 0.25) is 0 Å². The molecule has 26 heavy (non-hydrogen) atoms. The molecule has 0 unspecified atom stereocenters. The molecule has 3 rings (SSSR count). The zero-order valence-electron chi connectivity index (χ0n) is 14.7. The van der Waals surface area contributed by atoms with Gasteiger partial charge >= 0.3 is 0 Å². The monoisotopic (exact) mass is 369 g/mol. The van der Waals surface area contributed by atoms with E-state index in [4.69, 9.17) is 0 Å². The fraction of sp³-hybridized carbons (Fsp3) is 0.143. The van der Waals surface area contributed by atoms with Crippen molar-refractivity contribution < 1.29 is 12.8 Å². The zero-order valence-corrected chi connectivity index (χ0v) is 15.5. The number of sulfonamides is 1. The summed E-state index contributed by atoms with van der Waals surface area (Å²) in [7, 11) is -3.83. The lowest BCUT2D eigenvalue weighted by molar-refractivity contribution is 0.589. The fourth-order valence-corrected chi connectivity index (χ4v) is 4.17. The molecule has 0 saturated carbocycles. The van der Waals surface area contributed by atoms with Crippen LogP contribution in [0.25, 0.3) is 0 Å². The number of hydrogen-bond donors (Lipinski definition) is 0. The Hall–Kier alpha value is -2.66. The van der Waals surface area contributed by atoms with Gasteiger partial charge < -0.3 is 0 Å². The molecule has 0 aliphatic carbocycles. The van der Waals surface area contributed by atoms with Gasteiger partial charge in [0.1, 0.15) is 5.82 Å². The van der Waals surface area contributed by atoms with Crippen LogP contribution in [0.5, 0.6) is 0 Å². The quantitative estimate of drug-likeness (QED) is 0.645. The minimum Gasteiger partial charge on any atom is -0.262 e. The van der Waals surface area contributed by atoms with Gasteiger partial charge in [0.15, 0.2) is 0 Å². The van der Waals surface area contributed by atoms with Crippen LogP contribution in [0.15, 0.2) is 77.7 Å². The Morgan fingerprint density at radius 1 is 0.846 bits per heavy atom. The third kappa shape index (κ3) is 3.63. The zero-order chi connectivity index (χ0) is 18.7. The van der Waals surface area contributed by atoms with Crippen molar-refractivity contribution in [3.05, 3.63) is 95.3 Å². The van der Waals surface area contributed by atoms with Crippen LogP contribution in [0.1, 0.15) is 16.7 Å². The first-order chi connectivity index (χ1) is 12.4. The molecule has 5 heteroatoms. The molecule has 134 valence electrons. The summed E-state index contributed by atoms with van der Waals surface area (Å²) < 4.78 is 41.9. The molecule has 0 heterocycles. The number of hydrogen-bond acceptors (Lipinski definition) is 2. The number of rotatable bonds is 5. The van der Waals surface area contributed by atoms with Crippen molar-refractivity contribution in [3.63, 3.8) is 0 Å². The summed E-state index contributed by atoms with van der Waals surface area (Å²) in [5.41, 5.74) is 2.63. The highest BCUT2D eigenvalue weighted by Gasteiger charge is 2.26. The van der Waals surface area contributed by atoms with Crippen LogP contribution in [-0.2, 0) is 16.6 Å². The number of anilines is 1. The molecular formula is C21H20FNO2S. The topological polar surface area (TPSA) is 37.4 Å². The summed E-state index contributed by atoms with van der Waals surface area (Å²) in [5, 5.41) is 0. The summed E-state index contributed by atoms with van der Waals surface area (Å²) in [6.07, 6.45) is 0. The second-order valence-corrected chi connectivity index (χ2v) is 8.05. The van der Waals surface area contributed by atoms with Crippen molar-refractivity contribution in [2.24, 2.45) is 0 Å². The van der Waals surface area contributed by atoms with E-state index in [-0.39, 0.29) is 11.4 Å². The maximum absolute atomic E-state index is 14.1. The Morgan fingerprint density at radius 3 is 2.15 bits per heavy atom. The molecule has 3 nitrogen and oxygen atoms in total. The predicted molar refractivity (Wildman–Crippen MR) is 102 cm³/mol. The number of nitrogens with zero attached hydrogens (tertiary/aromatic N) is 1. The number of aryl methyl sites for hydroxylation is 2. The third-order valence-electron chi connectivity index (χ3n) is 4.35. The number of halogens is 1. The molecule has 0 atom stereocenters. The molecule has 3 aromatic rings. The molecule has 0 aliphatic heterocycles. The van der Waals surface area contributed by atoms with Gasteiger partial charge in [0, 0.05) is 0 Å². The minimum absolute atomic E-state index is 0.131. The SMILES string of the molecule is Cc1ccc(N(Cc2ccccc2C)S(=O)(=O)c2ccccc2)cc1F. The van der Waals surface area contributed by atoms with Crippen molar-refractivity contribution in [2.45, 2.75) is 25.3 Å². The van der Waals surface area contributed by atoms with Crippen molar-refractivity contribution in [3.8, 4) is 0 Å². The van der Waals surface area contributed by atoms with E-state index in [1.807, 2.05) is 31.2 Å². The summed E-state index contributed by atoms with van der Waals surface area (Å²) in [6.45, 7) is 3.71. The first-order valence-corrected chi connectivity index (χ1v) is 9.72. The van der Waals surface area contributed by atoms with Gasteiger partial charge in [0.2, 0.25) is 0 Å². The Morgan fingerprint density at radius 2 is 1.50 bits per heavy atom. The molecule has 0 radical (unpaired) electrons. The summed E-state index contributed by atoms with van der Waals surface area (Å²) >= 11 is 0. The highest BCUT2D eigenvalue weighted by Crippen LogP contribution is 2.28. The molecule has 0 saturated heterocycles. The smallest absolute Gasteiger partial charge is 0.262 e. The van der Waals surface area contributed by atoms with Crippen LogP contribution in [-0.4, -0.2) is 8.42 Å². The average molecular weight is 369 g/mol. The van der Waals surface area contributed by atoms with Crippen molar-refractivity contribution >= 4 is 15.7 Å². The lowest BCUT2D eigenvalue weighted by atomic mass is 10.1. The molecule has 0 amide bonds. The van der Waals surface area contributed by atoms with E-state index in [1.54, 1.807) is 49.4 Å². The molecule has 3 aromatic carbocycles. The lowest BCUT2D eigenvalue weighted by Crippen LogP contribution is -2.31. The van der Waals surface area contributed by atoms with Gasteiger partial charge in [-0.25, -0.2) is 12.8 Å². The first-order valence-electron chi connectivity index (χ1n) is 8.28. The van der Waals surface area contributed by atoms with Crippen LogP contribution in [0.4, 0.5) is 10.1 Å². The first kappa shape index (κ1) is 18.1. The van der Waals surface area contributed by atoms with E-state index >= 15 is 0 Å². The van der Waals surface area contributed by atoms with Crippen LogP contribution < -0.4 is 4.31 Å². The van der Waals surface area contributed by atoms with Crippen molar-refractivity contribution in [1.29, 1.82) is 0 Å². The summed E-state index contributed by atoms with van der Waals surface area (Å²) in [5.74, 6) is -0.430. The predicted octanol–water partition coefficient (Wildman–Crippen LogP) is 4.84. The highest BCUT2D eigenvalue weighted by atomic mass is 32.2. The van der Waals surface area contributed by atoms with E-state index in [9.17, 15) is 12.8 Å². The maximum atomic E-state index is 14.1. The maximum Gasteiger partial charge on any atom is 0.264 e. The lowest BCUT2D eigenvalue weighted by Gasteiger charge is -2.25. The van der Waals surface area contributed by atoms with Crippen molar-refractivity contribution in [2.75, 3.05) is 4.31 Å². The van der Waals surface area contributed by atoms with Crippen LogP contribution in [0, 0.1) is 19.7 Å². The molecule has 0 N–H and O–H groups in total.